The van der Waals surface area contributed by atoms with Crippen molar-refractivity contribution in [3.8, 4) is 0 Å². The van der Waals surface area contributed by atoms with Gasteiger partial charge in [-0.15, -0.1) is 0 Å². The lowest BCUT2D eigenvalue weighted by molar-refractivity contribution is -0.168. The van der Waals surface area contributed by atoms with Gasteiger partial charge >= 0.3 is 5.92 Å². The van der Waals surface area contributed by atoms with E-state index in [-0.39, 0.29) is 0 Å². The SMILES string of the molecule is CC(C(O)C(=O)C(F)(F)CF)C(F)(F)CF. The number of carbonyl (C=O) groups is 1. The Morgan fingerprint density at radius 2 is 1.62 bits per heavy atom. The number of aliphatic hydroxyl groups excluding tert-OH is 1. The average Bonchev–Trinajstić information content (AvgIpc) is 2.25. The molecule has 0 aromatic carbocycles. The molecule has 96 valence electrons. The second kappa shape index (κ2) is 5.03. The van der Waals surface area contributed by atoms with E-state index < -0.39 is 43.0 Å². The number of Topliss-reactive ketones (excluding diaryl/α,β-unsaturated/α-hetero) is 1. The van der Waals surface area contributed by atoms with Gasteiger partial charge in [-0.25, -0.2) is 17.6 Å². The van der Waals surface area contributed by atoms with Crippen LogP contribution in [0.15, 0.2) is 0 Å². The summed E-state index contributed by atoms with van der Waals surface area (Å²) in [6.45, 7) is -4.09. The number of rotatable bonds is 6. The summed E-state index contributed by atoms with van der Waals surface area (Å²) >= 11 is 0. The summed E-state index contributed by atoms with van der Waals surface area (Å²) in [7, 11) is 0. The molecular weight excluding hydrogens is 242 g/mol. The van der Waals surface area contributed by atoms with Gasteiger partial charge in [-0.3, -0.25) is 4.79 Å². The van der Waals surface area contributed by atoms with Gasteiger partial charge in [-0.1, -0.05) is 6.92 Å². The number of hydrogen-bond acceptors (Lipinski definition) is 2. The molecule has 16 heavy (non-hydrogen) atoms. The molecule has 0 aliphatic carbocycles. The Morgan fingerprint density at radius 1 is 1.19 bits per heavy atom. The Bertz CT molecular complexity index is 255. The van der Waals surface area contributed by atoms with Gasteiger partial charge in [0.05, 0.1) is 5.92 Å². The highest BCUT2D eigenvalue weighted by molar-refractivity contribution is 5.89. The predicted octanol–water partition coefficient (Wildman–Crippen LogP) is 1.76. The number of hydrogen-bond donors (Lipinski definition) is 1. The molecule has 0 aliphatic heterocycles. The molecule has 0 rings (SSSR count). The molecule has 0 fully saturated rings. The Hall–Kier alpha value is -0.790. The van der Waals surface area contributed by atoms with Crippen LogP contribution in [0.1, 0.15) is 6.92 Å². The highest BCUT2D eigenvalue weighted by Gasteiger charge is 2.50. The topological polar surface area (TPSA) is 37.3 Å². The first-order valence-electron chi connectivity index (χ1n) is 4.20. The maximum atomic E-state index is 12.6. The van der Waals surface area contributed by atoms with Crippen LogP contribution in [-0.4, -0.2) is 42.2 Å². The molecular formula is C8H10F6O2. The van der Waals surface area contributed by atoms with Crippen LogP contribution in [0.3, 0.4) is 0 Å². The molecule has 0 saturated heterocycles. The molecule has 0 spiro atoms. The fourth-order valence-electron chi connectivity index (χ4n) is 0.862. The molecule has 0 amide bonds. The minimum absolute atomic E-state index is 0.524. The van der Waals surface area contributed by atoms with Gasteiger partial charge in [-0.05, 0) is 0 Å². The number of ketones is 1. The average molecular weight is 252 g/mol. The van der Waals surface area contributed by atoms with E-state index in [4.69, 9.17) is 5.11 Å². The van der Waals surface area contributed by atoms with Crippen LogP contribution in [0.4, 0.5) is 26.3 Å². The highest BCUT2D eigenvalue weighted by Crippen LogP contribution is 2.30. The van der Waals surface area contributed by atoms with Crippen LogP contribution in [0, 0.1) is 5.92 Å². The van der Waals surface area contributed by atoms with E-state index in [1.807, 2.05) is 0 Å². The van der Waals surface area contributed by atoms with Crippen molar-refractivity contribution in [2.24, 2.45) is 5.92 Å². The smallest absolute Gasteiger partial charge is 0.335 e. The van der Waals surface area contributed by atoms with Crippen LogP contribution < -0.4 is 0 Å². The second-order valence-electron chi connectivity index (χ2n) is 3.33. The molecule has 0 aromatic rings. The summed E-state index contributed by atoms with van der Waals surface area (Å²) in [5.74, 6) is -13.4. The Balaban J connectivity index is 4.82. The molecule has 0 radical (unpaired) electrons. The van der Waals surface area contributed by atoms with Gasteiger partial charge < -0.3 is 5.11 Å². The van der Waals surface area contributed by atoms with E-state index in [0.717, 1.165) is 0 Å². The summed E-state index contributed by atoms with van der Waals surface area (Å²) in [4.78, 5) is 10.7. The van der Waals surface area contributed by atoms with Crippen LogP contribution in [0.25, 0.3) is 0 Å². The Labute approximate surface area is 87.2 Å². The normalized spacial score (nSPS) is 17.0. The van der Waals surface area contributed by atoms with E-state index in [9.17, 15) is 31.1 Å². The minimum atomic E-state index is -4.54. The monoisotopic (exact) mass is 252 g/mol. The number of alkyl halides is 6. The minimum Gasteiger partial charge on any atom is -0.385 e. The van der Waals surface area contributed by atoms with Gasteiger partial charge in [0.15, 0.2) is 13.3 Å². The van der Waals surface area contributed by atoms with E-state index in [1.54, 1.807) is 0 Å². The van der Waals surface area contributed by atoms with E-state index in [1.165, 1.54) is 0 Å². The van der Waals surface area contributed by atoms with Gasteiger partial charge in [0.25, 0.3) is 5.92 Å². The zero-order valence-electron chi connectivity index (χ0n) is 8.19. The van der Waals surface area contributed by atoms with Gasteiger partial charge in [0.2, 0.25) is 5.78 Å². The Morgan fingerprint density at radius 3 is 1.94 bits per heavy atom. The van der Waals surface area contributed by atoms with E-state index in [0.29, 0.717) is 6.92 Å². The summed E-state index contributed by atoms with van der Waals surface area (Å²) in [5, 5.41) is 8.88. The molecule has 2 nitrogen and oxygen atoms in total. The molecule has 0 heterocycles. The summed E-state index contributed by atoms with van der Waals surface area (Å²) in [5.41, 5.74) is 0. The highest BCUT2D eigenvalue weighted by atomic mass is 19.3. The van der Waals surface area contributed by atoms with Crippen LogP contribution in [0.2, 0.25) is 0 Å². The maximum Gasteiger partial charge on any atom is 0.335 e. The first-order chi connectivity index (χ1) is 7.10. The van der Waals surface area contributed by atoms with E-state index in [2.05, 4.69) is 0 Å². The number of aliphatic hydroxyl groups is 1. The van der Waals surface area contributed by atoms with Crippen LogP contribution in [-0.2, 0) is 4.79 Å². The van der Waals surface area contributed by atoms with Crippen molar-refractivity contribution in [2.45, 2.75) is 24.9 Å². The summed E-state index contributed by atoms with van der Waals surface area (Å²) in [6, 6.07) is 0. The second-order valence-corrected chi connectivity index (χ2v) is 3.33. The summed E-state index contributed by atoms with van der Waals surface area (Å²) < 4.78 is 73.6. The fourth-order valence-corrected chi connectivity index (χ4v) is 0.862. The molecule has 8 heteroatoms. The lowest BCUT2D eigenvalue weighted by atomic mass is 9.92. The lowest BCUT2D eigenvalue weighted by Gasteiger charge is -2.26. The molecule has 0 aromatic heterocycles. The van der Waals surface area contributed by atoms with Gasteiger partial charge in [0.1, 0.15) is 6.10 Å². The quantitative estimate of drug-likeness (QED) is 0.731. The largest absolute Gasteiger partial charge is 0.385 e. The van der Waals surface area contributed by atoms with Crippen molar-refractivity contribution in [2.75, 3.05) is 13.3 Å². The van der Waals surface area contributed by atoms with Crippen LogP contribution in [0.5, 0.6) is 0 Å². The van der Waals surface area contributed by atoms with Crippen LogP contribution >= 0.6 is 0 Å². The maximum absolute atomic E-state index is 12.6. The standard InChI is InChI=1S/C8H10F6O2/c1-4(7(11,12)2-9)5(15)6(16)8(13,14)3-10/h4-5,15H,2-3H2,1H3. The van der Waals surface area contributed by atoms with Crippen molar-refractivity contribution >= 4 is 5.78 Å². The molecule has 2 unspecified atom stereocenters. The van der Waals surface area contributed by atoms with E-state index >= 15 is 0 Å². The van der Waals surface area contributed by atoms with Gasteiger partial charge in [-0.2, -0.15) is 8.78 Å². The molecule has 1 N–H and O–H groups in total. The zero-order chi connectivity index (χ0) is 13.1. The third-order valence-corrected chi connectivity index (χ3v) is 2.11. The van der Waals surface area contributed by atoms with Crippen molar-refractivity contribution in [1.29, 1.82) is 0 Å². The van der Waals surface area contributed by atoms with Crippen molar-refractivity contribution in [3.05, 3.63) is 0 Å². The number of halogens is 6. The van der Waals surface area contributed by atoms with Crippen molar-refractivity contribution in [3.63, 3.8) is 0 Å². The first kappa shape index (κ1) is 15.2. The third-order valence-electron chi connectivity index (χ3n) is 2.11. The fraction of sp³-hybridized carbons (Fsp3) is 0.875. The Kier molecular flexibility index (Phi) is 4.78. The molecule has 0 aliphatic rings. The zero-order valence-corrected chi connectivity index (χ0v) is 8.19. The third kappa shape index (κ3) is 3.10. The first-order valence-corrected chi connectivity index (χ1v) is 4.20. The summed E-state index contributed by atoms with van der Waals surface area (Å²) in [6.07, 6.45) is -2.82. The number of carbonyl (C=O) groups excluding carboxylic acids is 1. The van der Waals surface area contributed by atoms with Crippen molar-refractivity contribution < 1.29 is 36.2 Å². The predicted molar refractivity (Wildman–Crippen MR) is 42.0 cm³/mol. The van der Waals surface area contributed by atoms with Crippen molar-refractivity contribution in [1.82, 2.24) is 0 Å². The lowest BCUT2D eigenvalue weighted by Crippen LogP contribution is -2.48. The molecule has 0 saturated carbocycles. The molecule has 2 atom stereocenters. The molecule has 0 bridgehead atoms. The van der Waals surface area contributed by atoms with Gasteiger partial charge in [0, 0.05) is 0 Å².